The molecule has 0 aromatic carbocycles. The molecule has 1 rings (SSSR count). The molecule has 0 amide bonds. The fourth-order valence-electron chi connectivity index (χ4n) is 1.93. The maximum atomic E-state index is 5.01. The molecule has 1 aromatic rings. The van der Waals surface area contributed by atoms with E-state index in [1.54, 1.807) is 7.11 Å². The Morgan fingerprint density at radius 3 is 2.80 bits per heavy atom. The van der Waals surface area contributed by atoms with E-state index in [1.165, 1.54) is 5.69 Å². The van der Waals surface area contributed by atoms with Crippen LogP contribution in [0, 0.1) is 13.8 Å². The lowest BCUT2D eigenvalue weighted by Gasteiger charge is -2.10. The molecule has 0 bridgehead atoms. The third kappa shape index (κ3) is 6.06. The van der Waals surface area contributed by atoms with Crippen LogP contribution in [0.5, 0.6) is 0 Å². The molecule has 0 atom stereocenters. The first-order valence-corrected chi connectivity index (χ1v) is 7.19. The van der Waals surface area contributed by atoms with Crippen LogP contribution in [-0.2, 0) is 11.3 Å². The minimum Gasteiger partial charge on any atom is -0.383 e. The van der Waals surface area contributed by atoms with Crippen LogP contribution in [0.15, 0.2) is 11.1 Å². The third-order valence-corrected chi connectivity index (χ3v) is 2.84. The van der Waals surface area contributed by atoms with Gasteiger partial charge in [-0.1, -0.05) is 0 Å². The van der Waals surface area contributed by atoms with Crippen molar-refractivity contribution in [2.75, 3.05) is 33.4 Å². The Balaban J connectivity index is 2.33. The van der Waals surface area contributed by atoms with Crippen molar-refractivity contribution in [3.8, 4) is 0 Å². The maximum Gasteiger partial charge on any atom is 0.191 e. The number of hydrogen-bond donors (Lipinski definition) is 2. The van der Waals surface area contributed by atoms with Crippen LogP contribution < -0.4 is 10.6 Å². The molecule has 1 aromatic heterocycles. The topological polar surface area (TPSA) is 63.5 Å². The van der Waals surface area contributed by atoms with E-state index in [0.29, 0.717) is 6.61 Å². The van der Waals surface area contributed by atoms with E-state index in [9.17, 15) is 0 Å². The molecule has 20 heavy (non-hydrogen) atoms. The summed E-state index contributed by atoms with van der Waals surface area (Å²) in [7, 11) is 1.69. The second kappa shape index (κ2) is 9.36. The van der Waals surface area contributed by atoms with Crippen molar-refractivity contribution in [3.63, 3.8) is 0 Å². The molecule has 0 radical (unpaired) electrons. The molecule has 0 saturated carbocycles. The highest BCUT2D eigenvalue weighted by molar-refractivity contribution is 5.79. The number of rotatable bonds is 8. The zero-order valence-electron chi connectivity index (χ0n) is 13.1. The number of nitrogens with one attached hydrogen (secondary N) is 2. The van der Waals surface area contributed by atoms with Gasteiger partial charge in [0.25, 0.3) is 0 Å². The lowest BCUT2D eigenvalue weighted by Crippen LogP contribution is -2.39. The summed E-state index contributed by atoms with van der Waals surface area (Å²) < 4.78 is 7.05. The molecule has 0 fully saturated rings. The minimum absolute atomic E-state index is 0.677. The van der Waals surface area contributed by atoms with Crippen LogP contribution in [0.3, 0.4) is 0 Å². The number of aliphatic imine (C=N–C) groups is 1. The fourth-order valence-corrected chi connectivity index (χ4v) is 1.93. The van der Waals surface area contributed by atoms with Gasteiger partial charge in [-0.3, -0.25) is 9.67 Å². The smallest absolute Gasteiger partial charge is 0.191 e. The summed E-state index contributed by atoms with van der Waals surface area (Å²) in [5, 5.41) is 10.9. The molecule has 0 spiro atoms. The van der Waals surface area contributed by atoms with E-state index in [0.717, 1.165) is 44.3 Å². The van der Waals surface area contributed by atoms with Crippen molar-refractivity contribution in [1.82, 2.24) is 20.4 Å². The van der Waals surface area contributed by atoms with Crippen LogP contribution in [0.4, 0.5) is 0 Å². The molecule has 0 aliphatic carbocycles. The van der Waals surface area contributed by atoms with Gasteiger partial charge in [-0.2, -0.15) is 5.10 Å². The normalized spacial score (nSPS) is 11.7. The monoisotopic (exact) mass is 281 g/mol. The van der Waals surface area contributed by atoms with Crippen molar-refractivity contribution in [2.24, 2.45) is 4.99 Å². The number of methoxy groups -OCH3 is 1. The highest BCUT2D eigenvalue weighted by atomic mass is 16.5. The van der Waals surface area contributed by atoms with Gasteiger partial charge in [0.15, 0.2) is 5.96 Å². The Morgan fingerprint density at radius 2 is 2.20 bits per heavy atom. The van der Waals surface area contributed by atoms with Crippen molar-refractivity contribution in [1.29, 1.82) is 0 Å². The average Bonchev–Trinajstić information content (AvgIpc) is 2.73. The van der Waals surface area contributed by atoms with Crippen LogP contribution in [-0.4, -0.2) is 49.1 Å². The first-order chi connectivity index (χ1) is 9.67. The lowest BCUT2D eigenvalue weighted by atomic mass is 10.4. The molecular weight excluding hydrogens is 254 g/mol. The number of nitrogens with zero attached hydrogens (tertiary/aromatic N) is 3. The first kappa shape index (κ1) is 16.5. The molecule has 0 aliphatic rings. The average molecular weight is 281 g/mol. The molecular formula is C14H27N5O. The van der Waals surface area contributed by atoms with Crippen molar-refractivity contribution in [2.45, 2.75) is 33.7 Å². The number of hydrogen-bond acceptors (Lipinski definition) is 3. The fraction of sp³-hybridized carbons (Fsp3) is 0.714. The SMILES string of the molecule is CCNC(=NCCCn1nc(C)cc1C)NCCOC. The Hall–Kier alpha value is -1.56. The highest BCUT2D eigenvalue weighted by Gasteiger charge is 2.00. The standard InChI is InChI=1S/C14H27N5O/c1-5-15-14(17-8-10-20-4)16-7-6-9-19-13(3)11-12(2)18-19/h11H,5-10H2,1-4H3,(H2,15,16,17). The predicted molar refractivity (Wildman–Crippen MR) is 82.2 cm³/mol. The molecule has 6 heteroatoms. The summed E-state index contributed by atoms with van der Waals surface area (Å²) >= 11 is 0. The highest BCUT2D eigenvalue weighted by Crippen LogP contribution is 2.02. The van der Waals surface area contributed by atoms with Gasteiger partial charge in [-0.25, -0.2) is 0 Å². The molecule has 0 aliphatic heterocycles. The summed E-state index contributed by atoms with van der Waals surface area (Å²) in [6.45, 7) is 10.1. The van der Waals surface area contributed by atoms with Crippen LogP contribution in [0.25, 0.3) is 0 Å². The van der Waals surface area contributed by atoms with Gasteiger partial charge in [0.1, 0.15) is 0 Å². The Bertz CT molecular complexity index is 414. The summed E-state index contributed by atoms with van der Waals surface area (Å²) in [6, 6.07) is 2.10. The molecule has 2 N–H and O–H groups in total. The summed E-state index contributed by atoms with van der Waals surface area (Å²) in [6.07, 6.45) is 0.975. The summed E-state index contributed by atoms with van der Waals surface area (Å²) in [5.41, 5.74) is 2.28. The summed E-state index contributed by atoms with van der Waals surface area (Å²) in [4.78, 5) is 4.53. The Morgan fingerprint density at radius 1 is 1.40 bits per heavy atom. The van der Waals surface area contributed by atoms with E-state index >= 15 is 0 Å². The van der Waals surface area contributed by atoms with Crippen LogP contribution >= 0.6 is 0 Å². The van der Waals surface area contributed by atoms with Crippen molar-refractivity contribution < 1.29 is 4.74 Å². The van der Waals surface area contributed by atoms with E-state index in [4.69, 9.17) is 4.74 Å². The van der Waals surface area contributed by atoms with Crippen LogP contribution in [0.1, 0.15) is 24.7 Å². The van der Waals surface area contributed by atoms with E-state index in [1.807, 2.05) is 11.6 Å². The molecule has 0 unspecified atom stereocenters. The van der Waals surface area contributed by atoms with Gasteiger partial charge in [-0.15, -0.1) is 0 Å². The van der Waals surface area contributed by atoms with Crippen molar-refractivity contribution >= 4 is 5.96 Å². The molecule has 0 saturated heterocycles. The van der Waals surface area contributed by atoms with E-state index in [2.05, 4.69) is 40.6 Å². The summed E-state index contributed by atoms with van der Waals surface area (Å²) in [5.74, 6) is 0.845. The number of ether oxygens (including phenoxy) is 1. The second-order valence-electron chi connectivity index (χ2n) is 4.68. The maximum absolute atomic E-state index is 5.01. The zero-order valence-corrected chi connectivity index (χ0v) is 13.1. The van der Waals surface area contributed by atoms with Gasteiger partial charge in [0.05, 0.1) is 12.3 Å². The second-order valence-corrected chi connectivity index (χ2v) is 4.68. The van der Waals surface area contributed by atoms with Gasteiger partial charge < -0.3 is 15.4 Å². The Kier molecular flexibility index (Phi) is 7.72. The minimum atomic E-state index is 0.677. The number of aryl methyl sites for hydroxylation is 3. The van der Waals surface area contributed by atoms with Crippen molar-refractivity contribution in [3.05, 3.63) is 17.5 Å². The lowest BCUT2D eigenvalue weighted by molar-refractivity contribution is 0.203. The first-order valence-electron chi connectivity index (χ1n) is 7.19. The van der Waals surface area contributed by atoms with E-state index in [-0.39, 0.29) is 0 Å². The quantitative estimate of drug-likeness (QED) is 0.425. The molecule has 114 valence electrons. The van der Waals surface area contributed by atoms with E-state index < -0.39 is 0 Å². The molecule has 6 nitrogen and oxygen atoms in total. The number of guanidine groups is 1. The van der Waals surface area contributed by atoms with Gasteiger partial charge in [-0.05, 0) is 33.3 Å². The van der Waals surface area contributed by atoms with Gasteiger partial charge >= 0.3 is 0 Å². The zero-order chi connectivity index (χ0) is 14.8. The Labute approximate surface area is 121 Å². The number of aromatic nitrogens is 2. The third-order valence-electron chi connectivity index (χ3n) is 2.84. The molecule has 1 heterocycles. The largest absolute Gasteiger partial charge is 0.383 e. The predicted octanol–water partition coefficient (Wildman–Crippen LogP) is 1.09. The van der Waals surface area contributed by atoms with Gasteiger partial charge in [0, 0.05) is 39.0 Å². The van der Waals surface area contributed by atoms with Crippen LogP contribution in [0.2, 0.25) is 0 Å². The van der Waals surface area contributed by atoms with Gasteiger partial charge in [0.2, 0.25) is 0 Å².